The number of fused-ring (bicyclic) bond motifs is 1. The maximum absolute atomic E-state index is 13.8. The Hall–Kier alpha value is -3.96. The molecule has 5 rings (SSSR count). The van der Waals surface area contributed by atoms with Crippen LogP contribution in [-0.2, 0) is 27.8 Å². The van der Waals surface area contributed by atoms with E-state index in [1.165, 1.54) is 4.31 Å². The first kappa shape index (κ1) is 29.5. The van der Waals surface area contributed by atoms with E-state index in [1.807, 2.05) is 42.5 Å². The van der Waals surface area contributed by atoms with Gasteiger partial charge in [-0.05, 0) is 66.9 Å². The van der Waals surface area contributed by atoms with Gasteiger partial charge in [-0.25, -0.2) is 8.42 Å². The largest absolute Gasteiger partial charge is 0.495 e. The number of sulfonamides is 1. The lowest BCUT2D eigenvalue weighted by Gasteiger charge is -2.37. The van der Waals surface area contributed by atoms with Gasteiger partial charge in [0.25, 0.3) is 5.91 Å². The second-order valence-corrected chi connectivity index (χ2v) is 12.2. The minimum Gasteiger partial charge on any atom is -0.495 e. The van der Waals surface area contributed by atoms with Gasteiger partial charge in [0.1, 0.15) is 11.5 Å². The van der Waals surface area contributed by atoms with Crippen molar-refractivity contribution in [1.29, 1.82) is 0 Å². The number of rotatable bonds is 9. The highest BCUT2D eigenvalue weighted by Gasteiger charge is 2.32. The Labute approximate surface area is 247 Å². The third-order valence-corrected chi connectivity index (χ3v) is 9.65. The number of ether oxygens (including phenoxy) is 4. The Morgan fingerprint density at radius 1 is 0.786 bits per heavy atom. The van der Waals surface area contributed by atoms with Crippen molar-refractivity contribution in [3.8, 4) is 23.0 Å². The molecule has 1 amide bonds. The second-order valence-electron chi connectivity index (χ2n) is 10.3. The van der Waals surface area contributed by atoms with Gasteiger partial charge in [-0.2, -0.15) is 4.31 Å². The molecule has 10 nitrogen and oxygen atoms in total. The molecule has 0 N–H and O–H groups in total. The van der Waals surface area contributed by atoms with E-state index in [-0.39, 0.29) is 17.3 Å². The second kappa shape index (κ2) is 12.5. The van der Waals surface area contributed by atoms with Crippen LogP contribution in [0, 0.1) is 0 Å². The van der Waals surface area contributed by atoms with Crippen LogP contribution in [0.2, 0.25) is 0 Å². The lowest BCUT2D eigenvalue weighted by atomic mass is 10.0. The minimum atomic E-state index is -3.79. The van der Waals surface area contributed by atoms with E-state index in [0.717, 1.165) is 11.1 Å². The van der Waals surface area contributed by atoms with Gasteiger partial charge < -0.3 is 28.7 Å². The van der Waals surface area contributed by atoms with Gasteiger partial charge in [0.2, 0.25) is 10.0 Å². The number of anilines is 1. The Morgan fingerprint density at radius 2 is 1.43 bits per heavy atom. The van der Waals surface area contributed by atoms with E-state index in [2.05, 4.69) is 4.90 Å². The van der Waals surface area contributed by atoms with E-state index >= 15 is 0 Å². The minimum absolute atomic E-state index is 0.0820. The topological polar surface area (TPSA) is 97.9 Å². The number of benzene rings is 3. The van der Waals surface area contributed by atoms with Crippen LogP contribution in [0.1, 0.15) is 18.1 Å². The normalized spacial score (nSPS) is 16.4. The first-order valence-electron chi connectivity index (χ1n) is 13.9. The number of para-hydroxylation sites is 1. The molecular formula is C31H37N3O7S. The molecule has 1 atom stereocenters. The molecule has 1 saturated heterocycles. The summed E-state index contributed by atoms with van der Waals surface area (Å²) in [6.45, 7) is 4.38. The summed E-state index contributed by atoms with van der Waals surface area (Å²) in [5.41, 5.74) is 2.62. The zero-order chi connectivity index (χ0) is 29.9. The molecule has 0 spiro atoms. The summed E-state index contributed by atoms with van der Waals surface area (Å²) in [6.07, 6.45) is -0.0435. The highest BCUT2D eigenvalue weighted by atomic mass is 32.2. The Balaban J connectivity index is 1.29. The van der Waals surface area contributed by atoms with Crippen molar-refractivity contribution in [2.24, 2.45) is 0 Å². The van der Waals surface area contributed by atoms with Crippen LogP contribution in [0.15, 0.2) is 65.6 Å². The van der Waals surface area contributed by atoms with E-state index in [1.54, 1.807) is 51.4 Å². The van der Waals surface area contributed by atoms with Crippen molar-refractivity contribution in [2.45, 2.75) is 30.9 Å². The van der Waals surface area contributed by atoms with Crippen molar-refractivity contribution in [3.05, 3.63) is 71.8 Å². The number of methoxy groups -OCH3 is 3. The first-order chi connectivity index (χ1) is 20.2. The number of hydrogen-bond donors (Lipinski definition) is 0. The van der Waals surface area contributed by atoms with Gasteiger partial charge in [-0.3, -0.25) is 4.79 Å². The highest BCUT2D eigenvalue weighted by molar-refractivity contribution is 7.89. The molecule has 0 bridgehead atoms. The predicted molar refractivity (Wildman–Crippen MR) is 159 cm³/mol. The van der Waals surface area contributed by atoms with Gasteiger partial charge in [-0.15, -0.1) is 0 Å². The van der Waals surface area contributed by atoms with Crippen molar-refractivity contribution in [2.75, 3.05) is 59.0 Å². The smallest absolute Gasteiger partial charge is 0.263 e. The van der Waals surface area contributed by atoms with Crippen molar-refractivity contribution >= 4 is 21.6 Å². The monoisotopic (exact) mass is 595 g/mol. The average molecular weight is 596 g/mol. The molecule has 2 aliphatic heterocycles. The van der Waals surface area contributed by atoms with Crippen LogP contribution in [0.3, 0.4) is 0 Å². The molecule has 42 heavy (non-hydrogen) atoms. The molecule has 11 heteroatoms. The highest BCUT2D eigenvalue weighted by Crippen LogP contribution is 2.36. The average Bonchev–Trinajstić information content (AvgIpc) is 3.03. The third-order valence-electron chi connectivity index (χ3n) is 7.81. The summed E-state index contributed by atoms with van der Waals surface area (Å²) in [7, 11) is 0.927. The standard InChI is InChI=1S/C31H37N3O7S/c1-22(41-25-8-6-5-7-9-25)31(35)33-16-14-32(15-17-33)27-20-26(10-11-28(27)38-2)42(36,37)34-13-12-23-18-29(39-3)30(40-4)19-24(23)21-34/h5-11,18-20,22H,12-17,21H2,1-4H3. The van der Waals surface area contributed by atoms with Crippen molar-refractivity contribution in [3.63, 3.8) is 0 Å². The number of carbonyl (C=O) groups is 1. The molecule has 0 saturated carbocycles. The molecule has 1 fully saturated rings. The molecule has 0 radical (unpaired) electrons. The zero-order valence-corrected chi connectivity index (χ0v) is 25.2. The summed E-state index contributed by atoms with van der Waals surface area (Å²) in [6, 6.07) is 18.0. The van der Waals surface area contributed by atoms with Crippen LogP contribution < -0.4 is 23.8 Å². The molecular weight excluding hydrogens is 558 g/mol. The quantitative estimate of drug-likeness (QED) is 0.371. The molecule has 0 aromatic heterocycles. The Bertz CT molecular complexity index is 1520. The van der Waals surface area contributed by atoms with Gasteiger partial charge in [-0.1, -0.05) is 18.2 Å². The fraction of sp³-hybridized carbons (Fsp3) is 0.387. The summed E-state index contributed by atoms with van der Waals surface area (Å²) in [5.74, 6) is 2.35. The van der Waals surface area contributed by atoms with Gasteiger partial charge in [0.15, 0.2) is 17.6 Å². The van der Waals surface area contributed by atoms with E-state index in [9.17, 15) is 13.2 Å². The number of hydrogen-bond acceptors (Lipinski definition) is 8. The Kier molecular flexibility index (Phi) is 8.79. The van der Waals surface area contributed by atoms with Crippen LogP contribution in [-0.4, -0.2) is 83.7 Å². The van der Waals surface area contributed by atoms with E-state index in [0.29, 0.717) is 67.8 Å². The van der Waals surface area contributed by atoms with Crippen LogP contribution in [0.4, 0.5) is 5.69 Å². The van der Waals surface area contributed by atoms with Crippen LogP contribution in [0.25, 0.3) is 0 Å². The van der Waals surface area contributed by atoms with E-state index < -0.39 is 16.1 Å². The first-order valence-corrected chi connectivity index (χ1v) is 15.4. The zero-order valence-electron chi connectivity index (χ0n) is 24.4. The van der Waals surface area contributed by atoms with Crippen LogP contribution in [0.5, 0.6) is 23.0 Å². The number of piperazine rings is 1. The molecule has 1 unspecified atom stereocenters. The van der Waals surface area contributed by atoms with Crippen LogP contribution >= 0.6 is 0 Å². The summed E-state index contributed by atoms with van der Waals surface area (Å²) in [5, 5.41) is 0. The molecule has 2 heterocycles. The number of nitrogens with zero attached hydrogens (tertiary/aromatic N) is 3. The molecule has 3 aromatic rings. The summed E-state index contributed by atoms with van der Waals surface area (Å²) in [4.78, 5) is 17.1. The maximum atomic E-state index is 13.8. The molecule has 2 aliphatic rings. The fourth-order valence-electron chi connectivity index (χ4n) is 5.47. The lowest BCUT2D eigenvalue weighted by Crippen LogP contribution is -2.52. The van der Waals surface area contributed by atoms with Gasteiger partial charge >= 0.3 is 0 Å². The number of amides is 1. The lowest BCUT2D eigenvalue weighted by molar-refractivity contribution is -0.138. The fourth-order valence-corrected chi connectivity index (χ4v) is 6.91. The molecule has 3 aromatic carbocycles. The number of carbonyl (C=O) groups excluding carboxylic acids is 1. The maximum Gasteiger partial charge on any atom is 0.263 e. The van der Waals surface area contributed by atoms with Gasteiger partial charge in [0, 0.05) is 39.3 Å². The predicted octanol–water partition coefficient (Wildman–Crippen LogP) is 3.58. The summed E-state index contributed by atoms with van der Waals surface area (Å²) < 4.78 is 51.4. The summed E-state index contributed by atoms with van der Waals surface area (Å²) >= 11 is 0. The van der Waals surface area contributed by atoms with E-state index in [4.69, 9.17) is 18.9 Å². The van der Waals surface area contributed by atoms with Gasteiger partial charge in [0.05, 0.1) is 31.9 Å². The van der Waals surface area contributed by atoms with Crippen molar-refractivity contribution < 1.29 is 32.2 Å². The third kappa shape index (κ3) is 5.98. The Morgan fingerprint density at radius 3 is 2.07 bits per heavy atom. The SMILES string of the molecule is COc1cc2c(cc1OC)CN(S(=O)(=O)c1ccc(OC)c(N3CCN(C(=O)C(C)Oc4ccccc4)CC3)c1)CC2. The van der Waals surface area contributed by atoms with Crippen molar-refractivity contribution in [1.82, 2.24) is 9.21 Å². The molecule has 0 aliphatic carbocycles. The molecule has 224 valence electrons.